The Kier molecular flexibility index (Phi) is 3.45. The summed E-state index contributed by atoms with van der Waals surface area (Å²) in [6, 6.07) is 4.40. The summed E-state index contributed by atoms with van der Waals surface area (Å²) in [5.74, 6) is -3.24. The van der Waals surface area contributed by atoms with Gasteiger partial charge in [-0.3, -0.25) is 0 Å². The number of halogens is 3. The summed E-state index contributed by atoms with van der Waals surface area (Å²) in [5.41, 5.74) is 0.281. The van der Waals surface area contributed by atoms with Crippen molar-refractivity contribution in [3.63, 3.8) is 0 Å². The summed E-state index contributed by atoms with van der Waals surface area (Å²) >= 11 is 0. The molecule has 1 nitrogen and oxygen atoms in total. The second-order valence-electron chi connectivity index (χ2n) is 4.15. The summed E-state index contributed by atoms with van der Waals surface area (Å²) in [5, 5.41) is -0.0283. The first-order valence-electron chi connectivity index (χ1n) is 5.75. The highest BCUT2D eigenvalue weighted by Crippen LogP contribution is 2.31. The molecule has 96 valence electrons. The average molecular weight is 254 g/mol. The molecule has 2 aromatic rings. The molecule has 0 aliphatic carbocycles. The number of rotatable bonds is 3. The molecule has 18 heavy (non-hydrogen) atoms. The van der Waals surface area contributed by atoms with Crippen LogP contribution in [-0.2, 0) is 0 Å². The molecule has 0 amide bonds. The van der Waals surface area contributed by atoms with Crippen LogP contribution in [0, 0.1) is 24.4 Å². The lowest BCUT2D eigenvalue weighted by atomic mass is 10.1. The molecule has 2 aromatic carbocycles. The Morgan fingerprint density at radius 2 is 1.78 bits per heavy atom. The van der Waals surface area contributed by atoms with Gasteiger partial charge in [0.15, 0.2) is 11.6 Å². The fraction of sp³-hybridized carbons (Fsp3) is 0.286. The van der Waals surface area contributed by atoms with Crippen molar-refractivity contribution < 1.29 is 17.9 Å². The van der Waals surface area contributed by atoms with Crippen LogP contribution in [0.4, 0.5) is 13.2 Å². The third-order valence-corrected chi connectivity index (χ3v) is 2.74. The van der Waals surface area contributed by atoms with Gasteiger partial charge in [-0.25, -0.2) is 8.78 Å². The molecule has 2 rings (SSSR count). The van der Waals surface area contributed by atoms with Crippen molar-refractivity contribution >= 4 is 10.8 Å². The quantitative estimate of drug-likeness (QED) is 0.791. The molecule has 0 spiro atoms. The normalized spacial score (nSPS) is 10.9. The van der Waals surface area contributed by atoms with Crippen LogP contribution in [-0.4, -0.2) is 6.61 Å². The molecule has 0 fully saturated rings. The van der Waals surface area contributed by atoms with Crippen LogP contribution in [0.1, 0.15) is 18.9 Å². The Morgan fingerprint density at radius 1 is 1.06 bits per heavy atom. The van der Waals surface area contributed by atoms with Crippen molar-refractivity contribution in [2.45, 2.75) is 20.3 Å². The molecule has 0 saturated carbocycles. The molecule has 0 heterocycles. The van der Waals surface area contributed by atoms with E-state index in [1.54, 1.807) is 6.07 Å². The van der Waals surface area contributed by atoms with Crippen LogP contribution < -0.4 is 4.74 Å². The van der Waals surface area contributed by atoms with Gasteiger partial charge in [-0.05, 0) is 30.4 Å². The maximum absolute atomic E-state index is 13.8. The van der Waals surface area contributed by atoms with Crippen molar-refractivity contribution in [1.29, 1.82) is 0 Å². The smallest absolute Gasteiger partial charge is 0.201 e. The number of hydrogen-bond acceptors (Lipinski definition) is 1. The van der Waals surface area contributed by atoms with E-state index in [0.717, 1.165) is 0 Å². The predicted octanol–water partition coefficient (Wildman–Crippen LogP) is 4.35. The van der Waals surface area contributed by atoms with Crippen molar-refractivity contribution in [2.24, 2.45) is 0 Å². The first kappa shape index (κ1) is 12.7. The highest BCUT2D eigenvalue weighted by Gasteiger charge is 2.18. The molecule has 0 aromatic heterocycles. The van der Waals surface area contributed by atoms with Crippen molar-refractivity contribution in [2.75, 3.05) is 6.61 Å². The first-order valence-corrected chi connectivity index (χ1v) is 5.75. The second-order valence-corrected chi connectivity index (χ2v) is 4.15. The average Bonchev–Trinajstić information content (AvgIpc) is 2.36. The number of aryl methyl sites for hydroxylation is 1. The largest absolute Gasteiger partial charge is 0.490 e. The van der Waals surface area contributed by atoms with Crippen LogP contribution in [0.5, 0.6) is 5.75 Å². The minimum Gasteiger partial charge on any atom is -0.490 e. The summed E-state index contributed by atoms with van der Waals surface area (Å²) in [6.07, 6.45) is 0.682. The van der Waals surface area contributed by atoms with E-state index in [-0.39, 0.29) is 23.3 Å². The molecular weight excluding hydrogens is 241 g/mol. The van der Waals surface area contributed by atoms with Crippen molar-refractivity contribution in [1.82, 2.24) is 0 Å². The van der Waals surface area contributed by atoms with Crippen LogP contribution in [0.2, 0.25) is 0 Å². The zero-order valence-electron chi connectivity index (χ0n) is 10.2. The molecule has 0 aliphatic rings. The van der Waals surface area contributed by atoms with E-state index in [0.29, 0.717) is 11.8 Å². The number of fused-ring (bicyclic) bond motifs is 1. The monoisotopic (exact) mass is 254 g/mol. The number of benzene rings is 2. The van der Waals surface area contributed by atoms with Gasteiger partial charge in [0.2, 0.25) is 5.82 Å². The third kappa shape index (κ3) is 2.03. The van der Waals surface area contributed by atoms with Gasteiger partial charge in [0, 0.05) is 0 Å². The van der Waals surface area contributed by atoms with E-state index in [1.165, 1.54) is 19.1 Å². The molecule has 0 bridgehead atoms. The minimum absolute atomic E-state index is 0.176. The van der Waals surface area contributed by atoms with E-state index in [1.807, 2.05) is 6.92 Å². The lowest BCUT2D eigenvalue weighted by Crippen LogP contribution is -2.01. The highest BCUT2D eigenvalue weighted by atomic mass is 19.2. The standard InChI is InChI=1S/C14H13F3O/c1-3-6-18-10-7-9-5-4-8(2)12(15)11(9)14(17)13(10)16/h4-5,7H,3,6H2,1-2H3. The van der Waals surface area contributed by atoms with E-state index in [4.69, 9.17) is 4.74 Å². The van der Waals surface area contributed by atoms with E-state index >= 15 is 0 Å². The Hall–Kier alpha value is -1.71. The molecular formula is C14H13F3O. The second kappa shape index (κ2) is 4.88. The van der Waals surface area contributed by atoms with Gasteiger partial charge >= 0.3 is 0 Å². The van der Waals surface area contributed by atoms with Crippen LogP contribution in [0.15, 0.2) is 18.2 Å². The third-order valence-electron chi connectivity index (χ3n) is 2.74. The van der Waals surface area contributed by atoms with Gasteiger partial charge in [0.25, 0.3) is 0 Å². The van der Waals surface area contributed by atoms with Gasteiger partial charge in [-0.2, -0.15) is 4.39 Å². The van der Waals surface area contributed by atoms with Gasteiger partial charge in [-0.1, -0.05) is 19.1 Å². The Labute approximate surface area is 103 Å². The lowest BCUT2D eigenvalue weighted by Gasteiger charge is -2.10. The topological polar surface area (TPSA) is 9.23 Å². The fourth-order valence-corrected chi connectivity index (χ4v) is 1.78. The van der Waals surface area contributed by atoms with Gasteiger partial charge in [0.1, 0.15) is 5.82 Å². The molecule has 0 aliphatic heterocycles. The molecule has 0 N–H and O–H groups in total. The lowest BCUT2D eigenvalue weighted by molar-refractivity contribution is 0.296. The Bertz CT molecular complexity index is 593. The molecule has 4 heteroatoms. The highest BCUT2D eigenvalue weighted by molar-refractivity contribution is 5.86. The summed E-state index contributed by atoms with van der Waals surface area (Å²) in [7, 11) is 0. The SMILES string of the molecule is CCCOc1cc2ccc(C)c(F)c2c(F)c1F. The van der Waals surface area contributed by atoms with Crippen LogP contribution in [0.3, 0.4) is 0 Å². The van der Waals surface area contributed by atoms with Crippen molar-refractivity contribution in [3.05, 3.63) is 41.2 Å². The number of ether oxygens (including phenoxy) is 1. The maximum atomic E-state index is 13.8. The minimum atomic E-state index is -1.19. The molecule has 0 atom stereocenters. The Balaban J connectivity index is 2.67. The zero-order valence-corrected chi connectivity index (χ0v) is 10.2. The zero-order chi connectivity index (χ0) is 13.3. The summed E-state index contributed by atoms with van der Waals surface area (Å²) in [6.45, 7) is 3.65. The van der Waals surface area contributed by atoms with E-state index in [9.17, 15) is 13.2 Å². The molecule has 0 unspecified atom stereocenters. The fourth-order valence-electron chi connectivity index (χ4n) is 1.78. The van der Waals surface area contributed by atoms with Crippen LogP contribution >= 0.6 is 0 Å². The van der Waals surface area contributed by atoms with Crippen molar-refractivity contribution in [3.8, 4) is 5.75 Å². The van der Waals surface area contributed by atoms with Gasteiger partial charge in [-0.15, -0.1) is 0 Å². The van der Waals surface area contributed by atoms with E-state index < -0.39 is 17.5 Å². The Morgan fingerprint density at radius 3 is 2.44 bits per heavy atom. The molecule has 0 radical (unpaired) electrons. The number of hydrogen-bond donors (Lipinski definition) is 0. The first-order chi connectivity index (χ1) is 8.56. The van der Waals surface area contributed by atoms with Gasteiger partial charge in [0.05, 0.1) is 12.0 Å². The van der Waals surface area contributed by atoms with Gasteiger partial charge < -0.3 is 4.74 Å². The predicted molar refractivity (Wildman–Crippen MR) is 64.3 cm³/mol. The van der Waals surface area contributed by atoms with Crippen LogP contribution in [0.25, 0.3) is 10.8 Å². The summed E-state index contributed by atoms with van der Waals surface area (Å²) in [4.78, 5) is 0. The van der Waals surface area contributed by atoms with E-state index in [2.05, 4.69) is 0 Å². The summed E-state index contributed by atoms with van der Waals surface area (Å²) < 4.78 is 46.4. The maximum Gasteiger partial charge on any atom is 0.201 e. The molecule has 0 saturated heterocycles.